The van der Waals surface area contributed by atoms with Crippen molar-refractivity contribution in [3.63, 3.8) is 0 Å². The van der Waals surface area contributed by atoms with E-state index in [1.165, 1.54) is 25.3 Å². The highest BCUT2D eigenvalue weighted by molar-refractivity contribution is 6.01. The molecule has 0 aliphatic carbocycles. The Morgan fingerprint density at radius 3 is 2.38 bits per heavy atom. The minimum absolute atomic E-state index is 0.130. The van der Waals surface area contributed by atoms with Gasteiger partial charge in [0.05, 0.1) is 23.8 Å². The fourth-order valence-corrected chi connectivity index (χ4v) is 2.83. The number of aryl methyl sites for hydroxylation is 2. The maximum Gasteiger partial charge on any atom is 0.337 e. The quantitative estimate of drug-likeness (QED) is 0.647. The summed E-state index contributed by atoms with van der Waals surface area (Å²) in [6.07, 6.45) is 0. The summed E-state index contributed by atoms with van der Waals surface area (Å²) in [5.41, 5.74) is 2.51. The van der Waals surface area contributed by atoms with Crippen LogP contribution in [0.15, 0.2) is 36.4 Å². The lowest BCUT2D eigenvalue weighted by molar-refractivity contribution is 0.0601. The second-order valence-corrected chi connectivity index (χ2v) is 5.59. The van der Waals surface area contributed by atoms with Crippen molar-refractivity contribution in [1.29, 1.82) is 0 Å². The van der Waals surface area contributed by atoms with E-state index in [-0.39, 0.29) is 5.56 Å². The van der Waals surface area contributed by atoms with Crippen molar-refractivity contribution < 1.29 is 18.3 Å². The van der Waals surface area contributed by atoms with Crippen LogP contribution in [-0.4, -0.2) is 18.1 Å². The second kappa shape index (κ2) is 6.00. The third-order valence-corrected chi connectivity index (χ3v) is 3.89. The lowest BCUT2D eigenvalue weighted by Gasteiger charge is -2.13. The van der Waals surface area contributed by atoms with Crippen molar-refractivity contribution in [2.24, 2.45) is 0 Å². The van der Waals surface area contributed by atoms with Gasteiger partial charge in [-0.15, -0.1) is 0 Å². The van der Waals surface area contributed by atoms with Gasteiger partial charge in [-0.25, -0.2) is 13.6 Å². The Morgan fingerprint density at radius 2 is 1.75 bits per heavy atom. The number of hydrogen-bond donors (Lipinski definition) is 0. The van der Waals surface area contributed by atoms with E-state index in [9.17, 15) is 13.6 Å². The van der Waals surface area contributed by atoms with E-state index >= 15 is 0 Å². The molecule has 0 unspecified atom stereocenters. The normalized spacial score (nSPS) is 10.9. The summed E-state index contributed by atoms with van der Waals surface area (Å²) in [5, 5.41) is 0.505. The van der Waals surface area contributed by atoms with E-state index in [0.717, 1.165) is 5.56 Å². The van der Waals surface area contributed by atoms with E-state index in [0.29, 0.717) is 27.7 Å². The highest BCUT2D eigenvalue weighted by atomic mass is 19.1. The summed E-state index contributed by atoms with van der Waals surface area (Å²) < 4.78 is 33.3. The number of pyridine rings is 1. The Morgan fingerprint density at radius 1 is 1.08 bits per heavy atom. The molecule has 122 valence electrons. The Kier molecular flexibility index (Phi) is 4.01. The standard InChI is InChI=1S/C19H15F2NO2/c1-10-7-12(19(23)24-3)9-14-13(8-11(2)22-18(10)14)17-15(20)5-4-6-16(17)21/h4-9H,1-3H3. The molecule has 0 spiro atoms. The zero-order valence-corrected chi connectivity index (χ0v) is 13.5. The molecule has 5 heteroatoms. The fourth-order valence-electron chi connectivity index (χ4n) is 2.83. The third kappa shape index (κ3) is 2.62. The van der Waals surface area contributed by atoms with Crippen LogP contribution < -0.4 is 0 Å². The topological polar surface area (TPSA) is 39.2 Å². The van der Waals surface area contributed by atoms with Crippen LogP contribution in [0.3, 0.4) is 0 Å². The number of carbonyl (C=O) groups is 1. The van der Waals surface area contributed by atoms with Gasteiger partial charge in [-0.2, -0.15) is 0 Å². The summed E-state index contributed by atoms with van der Waals surface area (Å²) in [5.74, 6) is -1.84. The van der Waals surface area contributed by atoms with E-state index in [4.69, 9.17) is 4.74 Å². The van der Waals surface area contributed by atoms with Crippen molar-refractivity contribution in [2.75, 3.05) is 7.11 Å². The van der Waals surface area contributed by atoms with Crippen LogP contribution in [0, 0.1) is 25.5 Å². The van der Waals surface area contributed by atoms with Crippen molar-refractivity contribution in [2.45, 2.75) is 13.8 Å². The maximum absolute atomic E-state index is 14.3. The fraction of sp³-hybridized carbons (Fsp3) is 0.158. The number of aromatic nitrogens is 1. The largest absolute Gasteiger partial charge is 0.465 e. The maximum atomic E-state index is 14.3. The smallest absolute Gasteiger partial charge is 0.337 e. The molecule has 0 radical (unpaired) electrons. The molecule has 3 aromatic rings. The van der Waals surface area contributed by atoms with Gasteiger partial charge in [0.15, 0.2) is 0 Å². The van der Waals surface area contributed by atoms with Crippen LogP contribution in [0.5, 0.6) is 0 Å². The highest BCUT2D eigenvalue weighted by Crippen LogP contribution is 2.34. The molecule has 24 heavy (non-hydrogen) atoms. The lowest BCUT2D eigenvalue weighted by Crippen LogP contribution is -2.03. The summed E-state index contributed by atoms with van der Waals surface area (Å²) in [6, 6.07) is 8.55. The Bertz CT molecular complexity index is 947. The number of carbonyl (C=O) groups excluding carboxylic acids is 1. The van der Waals surface area contributed by atoms with E-state index in [1.807, 2.05) is 0 Å². The lowest BCUT2D eigenvalue weighted by atomic mass is 9.96. The van der Waals surface area contributed by atoms with Gasteiger partial charge in [-0.1, -0.05) is 6.07 Å². The van der Waals surface area contributed by atoms with Crippen LogP contribution in [0.25, 0.3) is 22.0 Å². The van der Waals surface area contributed by atoms with Gasteiger partial charge in [0, 0.05) is 11.1 Å². The van der Waals surface area contributed by atoms with Crippen LogP contribution >= 0.6 is 0 Å². The molecule has 0 saturated carbocycles. The zero-order chi connectivity index (χ0) is 17.4. The van der Waals surface area contributed by atoms with Crippen molar-refractivity contribution >= 4 is 16.9 Å². The number of benzene rings is 2. The minimum atomic E-state index is -0.664. The van der Waals surface area contributed by atoms with E-state index < -0.39 is 17.6 Å². The number of ether oxygens (including phenoxy) is 1. The van der Waals surface area contributed by atoms with Gasteiger partial charge in [0.25, 0.3) is 0 Å². The first kappa shape index (κ1) is 16.1. The molecule has 3 rings (SSSR count). The first-order valence-electron chi connectivity index (χ1n) is 7.37. The van der Waals surface area contributed by atoms with Gasteiger partial charge < -0.3 is 4.74 Å². The number of methoxy groups -OCH3 is 1. The minimum Gasteiger partial charge on any atom is -0.465 e. The third-order valence-electron chi connectivity index (χ3n) is 3.89. The van der Waals surface area contributed by atoms with E-state index in [1.54, 1.807) is 32.0 Å². The van der Waals surface area contributed by atoms with Gasteiger partial charge >= 0.3 is 5.97 Å². The van der Waals surface area contributed by atoms with Crippen molar-refractivity contribution in [3.8, 4) is 11.1 Å². The van der Waals surface area contributed by atoms with Gasteiger partial charge in [-0.3, -0.25) is 4.98 Å². The average Bonchev–Trinajstić information content (AvgIpc) is 2.54. The molecule has 0 atom stereocenters. The molecule has 0 amide bonds. The molecule has 1 heterocycles. The number of halogens is 2. The second-order valence-electron chi connectivity index (χ2n) is 5.59. The molecule has 0 aliphatic rings. The zero-order valence-electron chi connectivity index (χ0n) is 13.5. The highest BCUT2D eigenvalue weighted by Gasteiger charge is 2.18. The first-order chi connectivity index (χ1) is 11.4. The molecule has 0 bridgehead atoms. The Labute approximate surface area is 137 Å². The molecule has 2 aromatic carbocycles. The number of rotatable bonds is 2. The average molecular weight is 327 g/mol. The van der Waals surface area contributed by atoms with Crippen LogP contribution in [0.1, 0.15) is 21.6 Å². The summed E-state index contributed by atoms with van der Waals surface area (Å²) in [6.45, 7) is 3.55. The number of esters is 1. The van der Waals surface area contributed by atoms with Crippen LogP contribution in [-0.2, 0) is 4.74 Å². The molecule has 1 aromatic heterocycles. The molecule has 0 saturated heterocycles. The van der Waals surface area contributed by atoms with Crippen molar-refractivity contribution in [3.05, 3.63) is 64.9 Å². The van der Waals surface area contributed by atoms with Crippen LogP contribution in [0.4, 0.5) is 8.78 Å². The Balaban J connectivity index is 2.43. The first-order valence-corrected chi connectivity index (χ1v) is 7.37. The monoisotopic (exact) mass is 327 g/mol. The van der Waals surface area contributed by atoms with E-state index in [2.05, 4.69) is 4.98 Å². The van der Waals surface area contributed by atoms with Gasteiger partial charge in [-0.05, 0) is 55.3 Å². The van der Waals surface area contributed by atoms with Crippen molar-refractivity contribution in [1.82, 2.24) is 4.98 Å². The molecule has 0 fully saturated rings. The molecule has 3 nitrogen and oxygen atoms in total. The summed E-state index contributed by atoms with van der Waals surface area (Å²) in [7, 11) is 1.28. The van der Waals surface area contributed by atoms with Gasteiger partial charge in [0.1, 0.15) is 11.6 Å². The molecule has 0 aliphatic heterocycles. The predicted molar refractivity (Wildman–Crippen MR) is 87.9 cm³/mol. The molecular weight excluding hydrogens is 312 g/mol. The summed E-state index contributed by atoms with van der Waals surface area (Å²) in [4.78, 5) is 16.3. The SMILES string of the molecule is COC(=O)c1cc(C)c2nc(C)cc(-c3c(F)cccc3F)c2c1. The van der Waals surface area contributed by atoms with Gasteiger partial charge in [0.2, 0.25) is 0 Å². The number of hydrogen-bond acceptors (Lipinski definition) is 3. The molecular formula is C19H15F2NO2. The summed E-state index contributed by atoms with van der Waals surface area (Å²) >= 11 is 0. The Hall–Kier alpha value is -2.82. The predicted octanol–water partition coefficient (Wildman–Crippen LogP) is 4.58. The number of nitrogens with zero attached hydrogens (tertiary/aromatic N) is 1. The number of fused-ring (bicyclic) bond motifs is 1. The molecule has 0 N–H and O–H groups in total. The van der Waals surface area contributed by atoms with Crippen LogP contribution in [0.2, 0.25) is 0 Å².